The molecule has 122 valence electrons. The van der Waals surface area contributed by atoms with Crippen molar-refractivity contribution in [1.82, 2.24) is 14.8 Å². The highest BCUT2D eigenvalue weighted by Crippen LogP contribution is 2.14. The molecule has 0 atom stereocenters. The van der Waals surface area contributed by atoms with Gasteiger partial charge in [0, 0.05) is 42.6 Å². The summed E-state index contributed by atoms with van der Waals surface area (Å²) in [6.45, 7) is 6.37. The van der Waals surface area contributed by atoms with Gasteiger partial charge in [0.25, 0.3) is 0 Å². The Balaban J connectivity index is 1.48. The Morgan fingerprint density at radius 2 is 1.91 bits per heavy atom. The second-order valence-electron chi connectivity index (χ2n) is 5.82. The van der Waals surface area contributed by atoms with E-state index in [1.165, 1.54) is 0 Å². The van der Waals surface area contributed by atoms with Crippen molar-refractivity contribution < 1.29 is 4.79 Å². The Morgan fingerprint density at radius 1 is 1.22 bits per heavy atom. The molecule has 0 N–H and O–H groups in total. The molecule has 0 unspecified atom stereocenters. The number of piperazine rings is 1. The molecule has 0 aliphatic carbocycles. The van der Waals surface area contributed by atoms with Crippen molar-refractivity contribution in [3.05, 3.63) is 50.4 Å². The van der Waals surface area contributed by atoms with Gasteiger partial charge in [0.05, 0.1) is 17.1 Å². The lowest BCUT2D eigenvalue weighted by Crippen LogP contribution is -2.48. The lowest BCUT2D eigenvalue weighted by atomic mass is 10.1. The second kappa shape index (κ2) is 7.55. The number of benzene rings is 1. The van der Waals surface area contributed by atoms with Crippen LogP contribution in [-0.4, -0.2) is 46.9 Å². The van der Waals surface area contributed by atoms with Crippen molar-refractivity contribution in [1.29, 1.82) is 0 Å². The monoisotopic (exact) mass is 393 g/mol. The van der Waals surface area contributed by atoms with Crippen LogP contribution in [0, 0.1) is 6.92 Å². The maximum absolute atomic E-state index is 12.4. The van der Waals surface area contributed by atoms with Crippen LogP contribution in [0.25, 0.3) is 0 Å². The molecule has 1 aliphatic heterocycles. The number of hydrogen-bond acceptors (Lipinski definition) is 4. The number of rotatable bonds is 4. The van der Waals surface area contributed by atoms with Crippen LogP contribution in [0.1, 0.15) is 16.3 Å². The van der Waals surface area contributed by atoms with E-state index in [0.717, 1.165) is 53.5 Å². The number of hydrogen-bond donors (Lipinski definition) is 0. The third-order valence-corrected chi connectivity index (χ3v) is 5.40. The molecule has 1 saturated heterocycles. The fourth-order valence-corrected chi connectivity index (χ4v) is 3.62. The van der Waals surface area contributed by atoms with E-state index in [1.807, 2.05) is 36.1 Å². The van der Waals surface area contributed by atoms with Crippen LogP contribution in [0.5, 0.6) is 0 Å². The summed E-state index contributed by atoms with van der Waals surface area (Å²) >= 11 is 5.11. The van der Waals surface area contributed by atoms with Gasteiger partial charge in [0.15, 0.2) is 0 Å². The van der Waals surface area contributed by atoms with Crippen molar-refractivity contribution in [2.75, 3.05) is 26.2 Å². The second-order valence-corrected chi connectivity index (χ2v) is 7.80. The topological polar surface area (TPSA) is 36.4 Å². The van der Waals surface area contributed by atoms with Gasteiger partial charge in [-0.3, -0.25) is 9.69 Å². The standard InChI is InChI=1S/C17H20BrN3OS/c1-13-19-16(12-23-13)11-20-6-8-21(9-7-20)17(22)10-14-2-4-15(18)5-3-14/h2-5,12H,6-11H2,1H3. The Morgan fingerprint density at radius 3 is 2.52 bits per heavy atom. The van der Waals surface area contributed by atoms with Crippen LogP contribution in [0.15, 0.2) is 34.1 Å². The number of nitrogens with zero attached hydrogens (tertiary/aromatic N) is 3. The molecule has 1 aliphatic rings. The van der Waals surface area contributed by atoms with Gasteiger partial charge in [0.2, 0.25) is 5.91 Å². The fourth-order valence-electron chi connectivity index (χ4n) is 2.75. The highest BCUT2D eigenvalue weighted by molar-refractivity contribution is 9.10. The fraction of sp³-hybridized carbons (Fsp3) is 0.412. The maximum atomic E-state index is 12.4. The molecule has 1 amide bonds. The van der Waals surface area contributed by atoms with E-state index in [2.05, 4.69) is 31.2 Å². The number of aryl methyl sites for hydroxylation is 1. The lowest BCUT2D eigenvalue weighted by Gasteiger charge is -2.34. The van der Waals surface area contributed by atoms with Crippen LogP contribution in [0.3, 0.4) is 0 Å². The molecule has 0 radical (unpaired) electrons. The quantitative estimate of drug-likeness (QED) is 0.800. The molecule has 23 heavy (non-hydrogen) atoms. The first-order valence-corrected chi connectivity index (χ1v) is 9.43. The number of carbonyl (C=O) groups is 1. The summed E-state index contributed by atoms with van der Waals surface area (Å²) in [6, 6.07) is 7.97. The molecule has 2 heterocycles. The largest absolute Gasteiger partial charge is 0.340 e. The third kappa shape index (κ3) is 4.62. The van der Waals surface area contributed by atoms with Crippen molar-refractivity contribution in [3.63, 3.8) is 0 Å². The Hall–Kier alpha value is -1.24. The van der Waals surface area contributed by atoms with Crippen LogP contribution in [0.4, 0.5) is 0 Å². The van der Waals surface area contributed by atoms with Gasteiger partial charge in [-0.05, 0) is 24.6 Å². The number of carbonyl (C=O) groups excluding carboxylic acids is 1. The summed E-state index contributed by atoms with van der Waals surface area (Å²) in [5, 5.41) is 3.24. The van der Waals surface area contributed by atoms with Gasteiger partial charge in [0.1, 0.15) is 0 Å². The zero-order chi connectivity index (χ0) is 16.2. The highest BCUT2D eigenvalue weighted by Gasteiger charge is 2.21. The van der Waals surface area contributed by atoms with Gasteiger partial charge in [-0.2, -0.15) is 0 Å². The van der Waals surface area contributed by atoms with Crippen LogP contribution < -0.4 is 0 Å². The number of halogens is 1. The normalized spacial score (nSPS) is 15.8. The molecular weight excluding hydrogens is 374 g/mol. The molecule has 4 nitrogen and oxygen atoms in total. The lowest BCUT2D eigenvalue weighted by molar-refractivity contribution is -0.132. The summed E-state index contributed by atoms with van der Waals surface area (Å²) in [4.78, 5) is 21.3. The molecule has 3 rings (SSSR count). The first kappa shape index (κ1) is 16.6. The third-order valence-electron chi connectivity index (χ3n) is 4.05. The molecule has 1 aromatic heterocycles. The van der Waals surface area contributed by atoms with E-state index in [9.17, 15) is 4.79 Å². The van der Waals surface area contributed by atoms with E-state index in [0.29, 0.717) is 6.42 Å². The van der Waals surface area contributed by atoms with Gasteiger partial charge >= 0.3 is 0 Å². The SMILES string of the molecule is Cc1nc(CN2CCN(C(=O)Cc3ccc(Br)cc3)CC2)cs1. The summed E-state index contributed by atoms with van der Waals surface area (Å²) in [6.07, 6.45) is 0.485. The van der Waals surface area contributed by atoms with Crippen molar-refractivity contribution in [3.8, 4) is 0 Å². The van der Waals surface area contributed by atoms with Gasteiger partial charge in [-0.15, -0.1) is 11.3 Å². The minimum atomic E-state index is 0.219. The number of aromatic nitrogens is 1. The van der Waals surface area contributed by atoms with Gasteiger partial charge in [-0.25, -0.2) is 4.98 Å². The van der Waals surface area contributed by atoms with Gasteiger partial charge < -0.3 is 4.90 Å². The molecule has 1 aromatic carbocycles. The maximum Gasteiger partial charge on any atom is 0.227 e. The first-order valence-electron chi connectivity index (χ1n) is 7.76. The number of amides is 1. The molecule has 2 aromatic rings. The summed E-state index contributed by atoms with van der Waals surface area (Å²) < 4.78 is 1.04. The van der Waals surface area contributed by atoms with Gasteiger partial charge in [-0.1, -0.05) is 28.1 Å². The summed E-state index contributed by atoms with van der Waals surface area (Å²) in [7, 11) is 0. The molecular formula is C17H20BrN3OS. The minimum absolute atomic E-state index is 0.219. The smallest absolute Gasteiger partial charge is 0.227 e. The summed E-state index contributed by atoms with van der Waals surface area (Å²) in [5.41, 5.74) is 2.21. The van der Waals surface area contributed by atoms with E-state index in [1.54, 1.807) is 11.3 Å². The van der Waals surface area contributed by atoms with E-state index >= 15 is 0 Å². The van der Waals surface area contributed by atoms with E-state index in [-0.39, 0.29) is 5.91 Å². The predicted octanol–water partition coefficient (Wildman–Crippen LogP) is 3.10. The van der Waals surface area contributed by atoms with E-state index < -0.39 is 0 Å². The predicted molar refractivity (Wildman–Crippen MR) is 96.6 cm³/mol. The molecule has 6 heteroatoms. The molecule has 0 bridgehead atoms. The Kier molecular flexibility index (Phi) is 5.46. The highest BCUT2D eigenvalue weighted by atomic mass is 79.9. The van der Waals surface area contributed by atoms with Crippen LogP contribution in [-0.2, 0) is 17.8 Å². The Labute approximate surface area is 149 Å². The molecule has 0 saturated carbocycles. The van der Waals surface area contributed by atoms with Crippen molar-refractivity contribution >= 4 is 33.2 Å². The first-order chi connectivity index (χ1) is 11.1. The molecule has 0 spiro atoms. The van der Waals surface area contributed by atoms with Crippen LogP contribution >= 0.6 is 27.3 Å². The Bertz CT molecular complexity index is 663. The van der Waals surface area contributed by atoms with E-state index in [4.69, 9.17) is 0 Å². The molecule has 1 fully saturated rings. The van der Waals surface area contributed by atoms with Crippen LogP contribution in [0.2, 0.25) is 0 Å². The van der Waals surface area contributed by atoms with Crippen molar-refractivity contribution in [2.24, 2.45) is 0 Å². The average molecular weight is 394 g/mol. The zero-order valence-electron chi connectivity index (χ0n) is 13.2. The zero-order valence-corrected chi connectivity index (χ0v) is 15.6. The van der Waals surface area contributed by atoms with Crippen molar-refractivity contribution in [2.45, 2.75) is 19.9 Å². The average Bonchev–Trinajstić information content (AvgIpc) is 2.95. The number of thiazole rings is 1. The summed E-state index contributed by atoms with van der Waals surface area (Å²) in [5.74, 6) is 0.219. The minimum Gasteiger partial charge on any atom is -0.340 e.